The van der Waals surface area contributed by atoms with Gasteiger partial charge in [-0.15, -0.1) is 0 Å². The second-order valence-corrected chi connectivity index (χ2v) is 4.12. The van der Waals surface area contributed by atoms with Crippen molar-refractivity contribution in [2.75, 3.05) is 0 Å². The smallest absolute Gasteiger partial charge is 0.207 e. The van der Waals surface area contributed by atoms with Gasteiger partial charge in [-0.1, -0.05) is 17.3 Å². The molecule has 0 aliphatic carbocycles. The molecule has 0 bridgehead atoms. The van der Waals surface area contributed by atoms with Gasteiger partial charge in [0.1, 0.15) is 6.54 Å². The number of hydrogen-bond donors (Lipinski definition) is 0. The van der Waals surface area contributed by atoms with Gasteiger partial charge < -0.3 is 4.52 Å². The summed E-state index contributed by atoms with van der Waals surface area (Å²) in [6.45, 7) is 2.32. The van der Waals surface area contributed by atoms with E-state index in [2.05, 4.69) is 10.3 Å². The van der Waals surface area contributed by atoms with E-state index in [1.807, 2.05) is 31.2 Å². The summed E-state index contributed by atoms with van der Waals surface area (Å²) < 4.78 is 6.89. The molecule has 0 radical (unpaired) electrons. The summed E-state index contributed by atoms with van der Waals surface area (Å²) in [5.41, 5.74) is 1.55. The highest BCUT2D eigenvalue weighted by Crippen LogP contribution is 2.11. The fraction of sp³-hybridized carbons (Fsp3) is 0.154. The van der Waals surface area contributed by atoms with Gasteiger partial charge >= 0.3 is 0 Å². The Kier molecular flexibility index (Phi) is 2.44. The molecule has 5 nitrogen and oxygen atoms in total. The van der Waals surface area contributed by atoms with Crippen molar-refractivity contribution in [3.63, 3.8) is 0 Å². The highest BCUT2D eigenvalue weighted by atomic mass is 16.5. The number of benzene rings is 1. The number of aromatic nitrogens is 3. The topological polar surface area (TPSA) is 60.9 Å². The minimum Gasteiger partial charge on any atom is -0.359 e. The lowest BCUT2D eigenvalue weighted by atomic mass is 10.2. The molecule has 0 fully saturated rings. The average Bonchev–Trinajstić information content (AvgIpc) is 2.79. The van der Waals surface area contributed by atoms with E-state index in [-0.39, 0.29) is 5.43 Å². The molecule has 90 valence electrons. The van der Waals surface area contributed by atoms with Crippen molar-refractivity contribution in [2.24, 2.45) is 0 Å². The highest BCUT2D eigenvalue weighted by Gasteiger charge is 2.06. The van der Waals surface area contributed by atoms with Crippen LogP contribution in [0.3, 0.4) is 0 Å². The number of para-hydroxylation sites is 1. The van der Waals surface area contributed by atoms with Crippen molar-refractivity contribution in [1.82, 2.24) is 14.9 Å². The van der Waals surface area contributed by atoms with Gasteiger partial charge in [-0.2, -0.15) is 5.10 Å². The number of rotatable bonds is 2. The molecule has 0 saturated heterocycles. The van der Waals surface area contributed by atoms with E-state index in [9.17, 15) is 4.79 Å². The Morgan fingerprint density at radius 1 is 1.33 bits per heavy atom. The lowest BCUT2D eigenvalue weighted by Crippen LogP contribution is -2.12. The molecule has 1 aromatic carbocycles. The van der Waals surface area contributed by atoms with Crippen LogP contribution in [0.2, 0.25) is 0 Å². The number of nitrogens with zero attached hydrogens (tertiary/aromatic N) is 3. The van der Waals surface area contributed by atoms with E-state index in [0.29, 0.717) is 17.7 Å². The molecule has 2 heterocycles. The SMILES string of the molecule is Cc1cc(Cn2ncc(=O)c3ccccc32)on1. The minimum absolute atomic E-state index is 0.0735. The molecule has 0 aliphatic heterocycles. The van der Waals surface area contributed by atoms with Crippen LogP contribution in [0.25, 0.3) is 10.9 Å². The van der Waals surface area contributed by atoms with Crippen LogP contribution in [0.5, 0.6) is 0 Å². The molecular formula is C13H11N3O2. The monoisotopic (exact) mass is 241 g/mol. The quantitative estimate of drug-likeness (QED) is 0.685. The molecule has 0 saturated carbocycles. The first-order valence-electron chi connectivity index (χ1n) is 5.61. The Bertz CT molecular complexity index is 758. The van der Waals surface area contributed by atoms with Gasteiger partial charge in [-0.25, -0.2) is 0 Å². The summed E-state index contributed by atoms with van der Waals surface area (Å²) in [5, 5.41) is 8.62. The molecule has 0 aliphatic rings. The zero-order valence-electron chi connectivity index (χ0n) is 9.83. The largest absolute Gasteiger partial charge is 0.359 e. The van der Waals surface area contributed by atoms with E-state index < -0.39 is 0 Å². The third kappa shape index (κ3) is 1.79. The van der Waals surface area contributed by atoms with Crippen molar-refractivity contribution in [3.8, 4) is 0 Å². The summed E-state index contributed by atoms with van der Waals surface area (Å²) in [6, 6.07) is 9.24. The summed E-state index contributed by atoms with van der Waals surface area (Å²) in [7, 11) is 0. The maximum absolute atomic E-state index is 11.7. The normalized spacial score (nSPS) is 10.9. The van der Waals surface area contributed by atoms with E-state index in [4.69, 9.17) is 4.52 Å². The van der Waals surface area contributed by atoms with Crippen molar-refractivity contribution >= 4 is 10.9 Å². The standard InChI is InChI=1S/C13H11N3O2/c1-9-6-10(18-15-9)8-16-12-5-3-2-4-11(12)13(17)7-14-16/h2-7H,8H2,1H3. The highest BCUT2D eigenvalue weighted by molar-refractivity contribution is 5.77. The first-order chi connectivity index (χ1) is 8.74. The van der Waals surface area contributed by atoms with Gasteiger partial charge in [0.15, 0.2) is 5.76 Å². The van der Waals surface area contributed by atoms with Crippen LogP contribution in [0, 0.1) is 6.92 Å². The third-order valence-electron chi connectivity index (χ3n) is 2.74. The van der Waals surface area contributed by atoms with Crippen molar-refractivity contribution in [1.29, 1.82) is 0 Å². The molecule has 0 unspecified atom stereocenters. The second-order valence-electron chi connectivity index (χ2n) is 4.12. The molecule has 0 amide bonds. The zero-order valence-corrected chi connectivity index (χ0v) is 9.83. The fourth-order valence-electron chi connectivity index (χ4n) is 1.93. The third-order valence-corrected chi connectivity index (χ3v) is 2.74. The molecular weight excluding hydrogens is 230 g/mol. The van der Waals surface area contributed by atoms with E-state index in [1.54, 1.807) is 10.7 Å². The van der Waals surface area contributed by atoms with Crippen LogP contribution in [0.1, 0.15) is 11.5 Å². The van der Waals surface area contributed by atoms with Gasteiger partial charge in [0, 0.05) is 11.5 Å². The number of aryl methyl sites for hydroxylation is 1. The Labute approximate surface area is 103 Å². The van der Waals surface area contributed by atoms with Crippen LogP contribution in [0.15, 0.2) is 45.8 Å². The molecule has 3 rings (SSSR count). The predicted molar refractivity (Wildman–Crippen MR) is 66.3 cm³/mol. The Hall–Kier alpha value is -2.43. The van der Waals surface area contributed by atoms with Crippen molar-refractivity contribution in [3.05, 3.63) is 58.2 Å². The van der Waals surface area contributed by atoms with E-state index in [1.165, 1.54) is 6.20 Å². The van der Waals surface area contributed by atoms with E-state index in [0.717, 1.165) is 11.2 Å². The van der Waals surface area contributed by atoms with Crippen molar-refractivity contribution < 1.29 is 4.52 Å². The van der Waals surface area contributed by atoms with Gasteiger partial charge in [0.05, 0.1) is 17.4 Å². The maximum atomic E-state index is 11.7. The van der Waals surface area contributed by atoms with Gasteiger partial charge in [-0.05, 0) is 19.1 Å². The number of hydrogen-bond acceptors (Lipinski definition) is 4. The molecule has 3 aromatic rings. The molecule has 2 aromatic heterocycles. The molecule has 0 N–H and O–H groups in total. The Morgan fingerprint density at radius 3 is 2.94 bits per heavy atom. The predicted octanol–water partition coefficient (Wildman–Crippen LogP) is 1.74. The minimum atomic E-state index is -0.0735. The van der Waals surface area contributed by atoms with Crippen LogP contribution >= 0.6 is 0 Å². The molecule has 5 heteroatoms. The van der Waals surface area contributed by atoms with Crippen molar-refractivity contribution in [2.45, 2.75) is 13.5 Å². The van der Waals surface area contributed by atoms with Gasteiger partial charge in [0.2, 0.25) is 5.43 Å². The lowest BCUT2D eigenvalue weighted by Gasteiger charge is -2.06. The van der Waals surface area contributed by atoms with Crippen LogP contribution in [-0.2, 0) is 6.54 Å². The second kappa shape index (κ2) is 4.10. The number of fused-ring (bicyclic) bond motifs is 1. The summed E-state index contributed by atoms with van der Waals surface area (Å²) in [5.74, 6) is 0.716. The Balaban J connectivity index is 2.12. The first-order valence-corrected chi connectivity index (χ1v) is 5.61. The zero-order chi connectivity index (χ0) is 12.5. The maximum Gasteiger partial charge on any atom is 0.207 e. The molecule has 0 atom stereocenters. The fourth-order valence-corrected chi connectivity index (χ4v) is 1.93. The summed E-state index contributed by atoms with van der Waals surface area (Å²) in [4.78, 5) is 11.7. The van der Waals surface area contributed by atoms with Gasteiger partial charge in [-0.3, -0.25) is 9.48 Å². The Morgan fingerprint density at radius 2 is 2.17 bits per heavy atom. The first kappa shape index (κ1) is 10.7. The van der Waals surface area contributed by atoms with Gasteiger partial charge in [0.25, 0.3) is 0 Å². The van der Waals surface area contributed by atoms with Crippen LogP contribution in [0.4, 0.5) is 0 Å². The summed E-state index contributed by atoms with van der Waals surface area (Å²) in [6.07, 6.45) is 1.32. The lowest BCUT2D eigenvalue weighted by molar-refractivity contribution is 0.369. The van der Waals surface area contributed by atoms with Crippen LogP contribution in [-0.4, -0.2) is 14.9 Å². The summed E-state index contributed by atoms with van der Waals surface area (Å²) >= 11 is 0. The van der Waals surface area contributed by atoms with Crippen LogP contribution < -0.4 is 5.43 Å². The molecule has 18 heavy (non-hydrogen) atoms. The average molecular weight is 241 g/mol. The van der Waals surface area contributed by atoms with E-state index >= 15 is 0 Å². The molecule has 0 spiro atoms.